The van der Waals surface area contributed by atoms with Gasteiger partial charge < -0.3 is 9.72 Å². The van der Waals surface area contributed by atoms with Crippen LogP contribution in [0.4, 0.5) is 0 Å². The van der Waals surface area contributed by atoms with Crippen molar-refractivity contribution in [2.24, 2.45) is 0 Å². The number of hydrogen-bond donors (Lipinski definition) is 1. The van der Waals surface area contributed by atoms with Gasteiger partial charge in [0.2, 0.25) is 0 Å². The van der Waals surface area contributed by atoms with Crippen LogP contribution in [-0.2, 0) is 0 Å². The van der Waals surface area contributed by atoms with Gasteiger partial charge in [-0.3, -0.25) is 4.79 Å². The zero-order chi connectivity index (χ0) is 17.6. The summed E-state index contributed by atoms with van der Waals surface area (Å²) in [6.45, 7) is 4.38. The fraction of sp³-hybridized carbons (Fsp3) is 0.190. The van der Waals surface area contributed by atoms with Crippen LogP contribution in [0.1, 0.15) is 25.3 Å². The zero-order valence-electron chi connectivity index (χ0n) is 14.4. The lowest BCUT2D eigenvalue weighted by Gasteiger charge is -2.14. The Morgan fingerprint density at radius 1 is 1.04 bits per heavy atom. The van der Waals surface area contributed by atoms with Crippen LogP contribution >= 0.6 is 11.3 Å². The van der Waals surface area contributed by atoms with Gasteiger partial charge in [-0.15, -0.1) is 11.3 Å². The SMILES string of the molecule is COc1ccc2[nH]c(=O)c3sccc3c2c1-c1ccc(C(C)C)cc1. The molecule has 0 spiro atoms. The predicted molar refractivity (Wildman–Crippen MR) is 106 cm³/mol. The number of hydrogen-bond acceptors (Lipinski definition) is 3. The molecular weight excluding hydrogens is 330 g/mol. The molecule has 0 unspecified atom stereocenters. The molecule has 0 amide bonds. The minimum absolute atomic E-state index is 0.0382. The number of aromatic nitrogens is 1. The quantitative estimate of drug-likeness (QED) is 0.527. The highest BCUT2D eigenvalue weighted by molar-refractivity contribution is 7.17. The molecule has 0 saturated carbocycles. The van der Waals surface area contributed by atoms with E-state index in [0.29, 0.717) is 5.92 Å². The second-order valence-electron chi connectivity index (χ2n) is 6.46. The van der Waals surface area contributed by atoms with Gasteiger partial charge >= 0.3 is 0 Å². The van der Waals surface area contributed by atoms with E-state index < -0.39 is 0 Å². The van der Waals surface area contributed by atoms with Gasteiger partial charge in [0.25, 0.3) is 5.56 Å². The molecule has 4 rings (SSSR count). The third kappa shape index (κ3) is 2.53. The average Bonchev–Trinajstić information content (AvgIpc) is 3.11. The topological polar surface area (TPSA) is 42.1 Å². The van der Waals surface area contributed by atoms with Crippen molar-refractivity contribution in [1.82, 2.24) is 4.98 Å². The summed E-state index contributed by atoms with van der Waals surface area (Å²) in [6.07, 6.45) is 0. The summed E-state index contributed by atoms with van der Waals surface area (Å²) in [5.41, 5.74) is 4.21. The molecule has 4 aromatic rings. The van der Waals surface area contributed by atoms with Crippen LogP contribution in [0.3, 0.4) is 0 Å². The Morgan fingerprint density at radius 2 is 1.80 bits per heavy atom. The summed E-state index contributed by atoms with van der Waals surface area (Å²) in [4.78, 5) is 15.3. The Kier molecular flexibility index (Phi) is 3.85. The Balaban J connectivity index is 2.10. The van der Waals surface area contributed by atoms with Gasteiger partial charge in [-0.25, -0.2) is 0 Å². The number of pyridine rings is 1. The van der Waals surface area contributed by atoms with E-state index in [-0.39, 0.29) is 5.56 Å². The molecule has 1 N–H and O–H groups in total. The van der Waals surface area contributed by atoms with Crippen LogP contribution in [0.15, 0.2) is 52.6 Å². The lowest BCUT2D eigenvalue weighted by Crippen LogP contribution is -2.05. The molecule has 3 nitrogen and oxygen atoms in total. The Bertz CT molecular complexity index is 1120. The van der Waals surface area contributed by atoms with E-state index >= 15 is 0 Å². The minimum Gasteiger partial charge on any atom is -0.496 e. The summed E-state index contributed by atoms with van der Waals surface area (Å²) in [7, 11) is 1.68. The molecular formula is C21H19NO2S. The first kappa shape index (κ1) is 15.9. The minimum atomic E-state index is -0.0382. The molecule has 2 aromatic heterocycles. The number of thiophene rings is 1. The first-order valence-corrected chi connectivity index (χ1v) is 9.18. The van der Waals surface area contributed by atoms with Crippen molar-refractivity contribution in [2.75, 3.05) is 7.11 Å². The maximum Gasteiger partial charge on any atom is 0.266 e. The van der Waals surface area contributed by atoms with E-state index in [4.69, 9.17) is 4.74 Å². The molecule has 0 aliphatic heterocycles. The van der Waals surface area contributed by atoms with Gasteiger partial charge in [0.1, 0.15) is 10.4 Å². The molecule has 0 aliphatic carbocycles. The van der Waals surface area contributed by atoms with Gasteiger partial charge in [-0.05, 0) is 40.6 Å². The Labute approximate surface area is 149 Å². The second kappa shape index (κ2) is 6.05. The van der Waals surface area contributed by atoms with E-state index in [2.05, 4.69) is 43.1 Å². The first-order valence-electron chi connectivity index (χ1n) is 8.30. The van der Waals surface area contributed by atoms with Gasteiger partial charge in [-0.1, -0.05) is 38.1 Å². The van der Waals surface area contributed by atoms with Crippen molar-refractivity contribution < 1.29 is 4.74 Å². The number of rotatable bonds is 3. The maximum atomic E-state index is 12.3. The zero-order valence-corrected chi connectivity index (χ0v) is 15.2. The lowest BCUT2D eigenvalue weighted by molar-refractivity contribution is 0.417. The smallest absolute Gasteiger partial charge is 0.266 e. The number of benzene rings is 2. The molecule has 0 bridgehead atoms. The molecule has 4 heteroatoms. The molecule has 126 valence electrons. The van der Waals surface area contributed by atoms with Crippen LogP contribution in [0, 0.1) is 0 Å². The lowest BCUT2D eigenvalue weighted by atomic mass is 9.94. The fourth-order valence-electron chi connectivity index (χ4n) is 3.32. The van der Waals surface area contributed by atoms with Gasteiger partial charge in [0.05, 0.1) is 7.11 Å². The van der Waals surface area contributed by atoms with Gasteiger partial charge in [0.15, 0.2) is 0 Å². The number of methoxy groups -OCH3 is 1. The normalized spacial score (nSPS) is 11.5. The number of fused-ring (bicyclic) bond motifs is 3. The molecule has 2 heterocycles. The highest BCUT2D eigenvalue weighted by Gasteiger charge is 2.16. The third-order valence-corrected chi connectivity index (χ3v) is 5.56. The van der Waals surface area contributed by atoms with Crippen LogP contribution in [0.2, 0.25) is 0 Å². The summed E-state index contributed by atoms with van der Waals surface area (Å²) < 4.78 is 6.40. The van der Waals surface area contributed by atoms with Gasteiger partial charge in [0, 0.05) is 21.9 Å². The molecule has 25 heavy (non-hydrogen) atoms. The van der Waals surface area contributed by atoms with Crippen LogP contribution in [-0.4, -0.2) is 12.1 Å². The van der Waals surface area contributed by atoms with Crippen molar-refractivity contribution in [1.29, 1.82) is 0 Å². The largest absolute Gasteiger partial charge is 0.496 e. The van der Waals surface area contributed by atoms with Crippen LogP contribution in [0.5, 0.6) is 5.75 Å². The Morgan fingerprint density at radius 3 is 2.48 bits per heavy atom. The van der Waals surface area contributed by atoms with E-state index in [1.54, 1.807) is 7.11 Å². The van der Waals surface area contributed by atoms with Crippen molar-refractivity contribution in [3.63, 3.8) is 0 Å². The molecule has 0 saturated heterocycles. The third-order valence-electron chi connectivity index (χ3n) is 4.64. The monoisotopic (exact) mass is 349 g/mol. The van der Waals surface area contributed by atoms with Crippen molar-refractivity contribution in [3.05, 3.63) is 63.8 Å². The highest BCUT2D eigenvalue weighted by Crippen LogP contribution is 2.40. The maximum absolute atomic E-state index is 12.3. The van der Waals surface area contributed by atoms with E-state index in [0.717, 1.165) is 37.9 Å². The van der Waals surface area contributed by atoms with Crippen LogP contribution in [0.25, 0.3) is 32.1 Å². The van der Waals surface area contributed by atoms with E-state index in [1.807, 2.05) is 23.6 Å². The van der Waals surface area contributed by atoms with E-state index in [9.17, 15) is 4.79 Å². The predicted octanol–water partition coefficient (Wildman–Crippen LogP) is 5.54. The van der Waals surface area contributed by atoms with Crippen molar-refractivity contribution in [2.45, 2.75) is 19.8 Å². The fourth-order valence-corrected chi connectivity index (χ4v) is 4.12. The van der Waals surface area contributed by atoms with E-state index in [1.165, 1.54) is 16.9 Å². The van der Waals surface area contributed by atoms with Gasteiger partial charge in [-0.2, -0.15) is 0 Å². The Hall–Kier alpha value is -2.59. The number of ether oxygens (including phenoxy) is 1. The number of nitrogens with one attached hydrogen (secondary N) is 1. The van der Waals surface area contributed by atoms with Crippen LogP contribution < -0.4 is 10.3 Å². The molecule has 0 fully saturated rings. The summed E-state index contributed by atoms with van der Waals surface area (Å²) in [5.74, 6) is 1.30. The second-order valence-corrected chi connectivity index (χ2v) is 7.38. The standard InChI is InChI=1S/C21H19NO2S/c1-12(2)13-4-6-14(7-5-13)18-17(24-3)9-8-16-19(18)15-10-11-25-20(15)21(23)22-16/h4-12H,1-3H3,(H,22,23). The number of H-pyrrole nitrogens is 1. The highest BCUT2D eigenvalue weighted by atomic mass is 32.1. The average molecular weight is 349 g/mol. The summed E-state index contributed by atoms with van der Waals surface area (Å²) in [5, 5.41) is 3.97. The van der Waals surface area contributed by atoms with Crippen molar-refractivity contribution in [3.8, 4) is 16.9 Å². The first-order chi connectivity index (χ1) is 12.1. The van der Waals surface area contributed by atoms with Crippen molar-refractivity contribution >= 4 is 32.3 Å². The molecule has 2 aromatic carbocycles. The molecule has 0 atom stereocenters. The molecule has 0 radical (unpaired) electrons. The summed E-state index contributed by atoms with van der Waals surface area (Å²) >= 11 is 1.47. The summed E-state index contributed by atoms with van der Waals surface area (Å²) in [6, 6.07) is 14.4. The molecule has 0 aliphatic rings. The number of aromatic amines is 1.